The second-order valence-electron chi connectivity index (χ2n) is 14.4. The molecule has 0 unspecified atom stereocenters. The maximum atomic E-state index is 6.59. The van der Waals surface area contributed by atoms with Crippen molar-refractivity contribution in [2.45, 2.75) is 0 Å². The van der Waals surface area contributed by atoms with Gasteiger partial charge in [0.2, 0.25) is 0 Å². The Morgan fingerprint density at radius 3 is 1.61 bits per heavy atom. The molecule has 0 aliphatic rings. The molecule has 0 amide bonds. The molecule has 0 aliphatic heterocycles. The molecule has 0 fully saturated rings. The lowest BCUT2D eigenvalue weighted by molar-refractivity contribution is 0.669. The molecule has 0 bridgehead atoms. The lowest BCUT2D eigenvalue weighted by Gasteiger charge is -2.18. The van der Waals surface area contributed by atoms with Crippen molar-refractivity contribution in [1.29, 1.82) is 0 Å². The molecule has 0 spiro atoms. The van der Waals surface area contributed by atoms with E-state index in [2.05, 4.69) is 182 Å². The van der Waals surface area contributed by atoms with Gasteiger partial charge < -0.3 is 4.42 Å². The number of furan rings is 1. The minimum atomic E-state index is 0.920. The maximum absolute atomic E-state index is 6.59. The van der Waals surface area contributed by atoms with E-state index in [1.807, 2.05) is 11.3 Å². The molecule has 2 heterocycles. The van der Waals surface area contributed by atoms with Gasteiger partial charge in [-0.2, -0.15) is 0 Å². The summed E-state index contributed by atoms with van der Waals surface area (Å²) in [7, 11) is 0. The predicted octanol–water partition coefficient (Wildman–Crippen LogP) is 15.6. The zero-order valence-electron chi connectivity index (χ0n) is 29.1. The molecule has 1 nitrogen and oxygen atoms in total. The van der Waals surface area contributed by atoms with Crippen molar-refractivity contribution >= 4 is 96.5 Å². The second-order valence-corrected chi connectivity index (χ2v) is 15.4. The zero-order chi connectivity index (χ0) is 35.3. The second kappa shape index (κ2) is 11.4. The van der Waals surface area contributed by atoms with Crippen LogP contribution in [0.5, 0.6) is 0 Å². The highest BCUT2D eigenvalue weighted by Crippen LogP contribution is 2.46. The van der Waals surface area contributed by atoms with Crippen molar-refractivity contribution in [2.75, 3.05) is 0 Å². The SMILES string of the molecule is c1ccc(-c2c3ccccc3c(-c3ccc4cc(-c5ccc6c(c5)oc5ccc7sc8c9ccccc9ccc8c7c56)ccc4c3)c3ccccc23)cc1. The van der Waals surface area contributed by atoms with Gasteiger partial charge in [-0.25, -0.2) is 0 Å². The third kappa shape index (κ3) is 4.32. The monoisotopic (exact) mass is 702 g/mol. The minimum Gasteiger partial charge on any atom is -0.456 e. The number of fused-ring (bicyclic) bond motifs is 12. The third-order valence-corrected chi connectivity index (χ3v) is 12.6. The van der Waals surface area contributed by atoms with E-state index in [0.717, 1.165) is 22.1 Å². The third-order valence-electron chi connectivity index (χ3n) is 11.4. The smallest absolute Gasteiger partial charge is 0.136 e. The Bertz CT molecular complexity index is 3440. The average molecular weight is 703 g/mol. The van der Waals surface area contributed by atoms with Gasteiger partial charge >= 0.3 is 0 Å². The lowest BCUT2D eigenvalue weighted by Crippen LogP contribution is -1.90. The van der Waals surface area contributed by atoms with E-state index in [4.69, 9.17) is 4.42 Å². The summed E-state index contributed by atoms with van der Waals surface area (Å²) < 4.78 is 9.23. The standard InChI is InChI=1S/C52H30OS/c1-2-11-32(12-3-1)48-39-14-6-8-16-41(39)49(42-17-9-7-15-40(42)48)37-21-20-33-28-34(18-19-35(33)29-37)36-23-24-43-46(30-36)53-45-26-27-47-51(50(43)45)44-25-22-31-10-4-5-13-38(31)52(44)54-47/h1-30H. The summed E-state index contributed by atoms with van der Waals surface area (Å²) >= 11 is 1.88. The molecule has 2 heteroatoms. The van der Waals surface area contributed by atoms with Crippen molar-refractivity contribution in [3.8, 4) is 33.4 Å². The minimum absolute atomic E-state index is 0.920. The molecule has 0 saturated carbocycles. The molecule has 0 N–H and O–H groups in total. The summed E-state index contributed by atoms with van der Waals surface area (Å²) in [6.45, 7) is 0. The van der Waals surface area contributed by atoms with Gasteiger partial charge in [-0.1, -0.05) is 146 Å². The van der Waals surface area contributed by atoms with Crippen molar-refractivity contribution in [2.24, 2.45) is 0 Å². The first-order chi connectivity index (χ1) is 26.8. The average Bonchev–Trinajstić information content (AvgIpc) is 3.81. The van der Waals surface area contributed by atoms with E-state index in [1.165, 1.54) is 96.5 Å². The van der Waals surface area contributed by atoms with E-state index in [-0.39, 0.29) is 0 Å². The highest BCUT2D eigenvalue weighted by atomic mass is 32.1. The van der Waals surface area contributed by atoms with E-state index < -0.39 is 0 Å². The Hall–Kier alpha value is -6.74. The largest absolute Gasteiger partial charge is 0.456 e. The Balaban J connectivity index is 0.982. The van der Waals surface area contributed by atoms with Crippen LogP contribution in [0.25, 0.3) is 119 Å². The van der Waals surface area contributed by atoms with Crippen LogP contribution in [0.2, 0.25) is 0 Å². The fourth-order valence-electron chi connectivity index (χ4n) is 8.98. The van der Waals surface area contributed by atoms with Crippen LogP contribution in [0.1, 0.15) is 0 Å². The number of benzene rings is 10. The number of thiophene rings is 1. The van der Waals surface area contributed by atoms with Gasteiger partial charge in [0.25, 0.3) is 0 Å². The van der Waals surface area contributed by atoms with Crippen molar-refractivity contribution < 1.29 is 4.42 Å². The lowest BCUT2D eigenvalue weighted by atomic mass is 9.85. The summed E-state index contributed by atoms with van der Waals surface area (Å²) in [6, 6.07) is 66.6. The fraction of sp³-hybridized carbons (Fsp3) is 0. The van der Waals surface area contributed by atoms with E-state index in [0.29, 0.717) is 0 Å². The summed E-state index contributed by atoms with van der Waals surface area (Å²) in [5.74, 6) is 0. The van der Waals surface area contributed by atoms with Gasteiger partial charge in [-0.05, 0) is 113 Å². The molecule has 0 atom stereocenters. The van der Waals surface area contributed by atoms with Crippen molar-refractivity contribution in [3.63, 3.8) is 0 Å². The van der Waals surface area contributed by atoms with Gasteiger partial charge in [0, 0.05) is 30.9 Å². The molecule has 54 heavy (non-hydrogen) atoms. The highest BCUT2D eigenvalue weighted by Gasteiger charge is 2.19. The Morgan fingerprint density at radius 2 is 0.870 bits per heavy atom. The first-order valence-electron chi connectivity index (χ1n) is 18.5. The van der Waals surface area contributed by atoms with Crippen LogP contribution in [-0.2, 0) is 0 Å². The maximum Gasteiger partial charge on any atom is 0.136 e. The van der Waals surface area contributed by atoms with E-state index in [1.54, 1.807) is 0 Å². The molecule has 250 valence electrons. The molecule has 0 saturated heterocycles. The van der Waals surface area contributed by atoms with E-state index >= 15 is 0 Å². The van der Waals surface area contributed by atoms with Crippen molar-refractivity contribution in [1.82, 2.24) is 0 Å². The van der Waals surface area contributed by atoms with Gasteiger partial charge in [0.15, 0.2) is 0 Å². The van der Waals surface area contributed by atoms with Gasteiger partial charge in [-0.15, -0.1) is 11.3 Å². The van der Waals surface area contributed by atoms with Crippen LogP contribution in [0, 0.1) is 0 Å². The highest BCUT2D eigenvalue weighted by molar-refractivity contribution is 7.27. The summed E-state index contributed by atoms with van der Waals surface area (Å²) in [5, 5.41) is 15.1. The summed E-state index contributed by atoms with van der Waals surface area (Å²) in [5.41, 5.74) is 9.23. The number of hydrogen-bond donors (Lipinski definition) is 0. The number of rotatable bonds is 3. The van der Waals surface area contributed by atoms with Crippen LogP contribution in [-0.4, -0.2) is 0 Å². The summed E-state index contributed by atoms with van der Waals surface area (Å²) in [4.78, 5) is 0. The number of hydrogen-bond acceptors (Lipinski definition) is 2. The van der Waals surface area contributed by atoms with Crippen LogP contribution in [0.4, 0.5) is 0 Å². The predicted molar refractivity (Wildman–Crippen MR) is 233 cm³/mol. The molecular formula is C52H30OS. The molecule has 0 radical (unpaired) electrons. The normalized spacial score (nSPS) is 12.1. The fourth-order valence-corrected chi connectivity index (χ4v) is 10.2. The van der Waals surface area contributed by atoms with Crippen LogP contribution in [0.3, 0.4) is 0 Å². The first-order valence-corrected chi connectivity index (χ1v) is 19.3. The van der Waals surface area contributed by atoms with Crippen LogP contribution < -0.4 is 0 Å². The van der Waals surface area contributed by atoms with Gasteiger partial charge in [0.1, 0.15) is 11.2 Å². The Kier molecular flexibility index (Phi) is 6.28. The molecule has 12 aromatic rings. The van der Waals surface area contributed by atoms with Gasteiger partial charge in [0.05, 0.1) is 0 Å². The summed E-state index contributed by atoms with van der Waals surface area (Å²) in [6.07, 6.45) is 0. The Morgan fingerprint density at radius 1 is 0.315 bits per heavy atom. The van der Waals surface area contributed by atoms with Crippen LogP contribution >= 0.6 is 11.3 Å². The van der Waals surface area contributed by atoms with Gasteiger partial charge in [-0.3, -0.25) is 0 Å². The van der Waals surface area contributed by atoms with Crippen LogP contribution in [0.15, 0.2) is 186 Å². The van der Waals surface area contributed by atoms with E-state index in [9.17, 15) is 0 Å². The molecule has 2 aromatic heterocycles. The quantitative estimate of drug-likeness (QED) is 0.167. The van der Waals surface area contributed by atoms with Crippen molar-refractivity contribution in [3.05, 3.63) is 182 Å². The molecular weight excluding hydrogens is 673 g/mol. The molecule has 12 rings (SSSR count). The molecule has 10 aromatic carbocycles. The Labute approximate surface area is 314 Å². The zero-order valence-corrected chi connectivity index (χ0v) is 30.0. The first kappa shape index (κ1) is 29.8. The topological polar surface area (TPSA) is 13.1 Å². The molecule has 0 aliphatic carbocycles.